The van der Waals surface area contributed by atoms with Gasteiger partial charge in [0.25, 0.3) is 5.91 Å². The highest BCUT2D eigenvalue weighted by Gasteiger charge is 2.29. The average molecular weight is 293 g/mol. The number of nitrogens with zero attached hydrogens (tertiary/aromatic N) is 1. The summed E-state index contributed by atoms with van der Waals surface area (Å²) in [7, 11) is 0. The highest BCUT2D eigenvalue weighted by molar-refractivity contribution is 5.91. The van der Waals surface area contributed by atoms with Gasteiger partial charge in [0.2, 0.25) is 0 Å². The number of hydrogen-bond acceptors (Lipinski definition) is 3. The fraction of sp³-hybridized carbons (Fsp3) is 0.500. The highest BCUT2D eigenvalue weighted by atomic mass is 19.1. The van der Waals surface area contributed by atoms with Crippen molar-refractivity contribution in [2.24, 2.45) is 0 Å². The zero-order valence-electron chi connectivity index (χ0n) is 12.3. The van der Waals surface area contributed by atoms with Gasteiger partial charge in [0.05, 0.1) is 5.56 Å². The van der Waals surface area contributed by atoms with Crippen molar-refractivity contribution < 1.29 is 18.7 Å². The Morgan fingerprint density at radius 1 is 1.24 bits per heavy atom. The van der Waals surface area contributed by atoms with Crippen molar-refractivity contribution >= 4 is 11.9 Å². The second-order valence-electron chi connectivity index (χ2n) is 5.49. The first-order valence-electron chi connectivity index (χ1n) is 7.23. The van der Waals surface area contributed by atoms with Crippen molar-refractivity contribution in [3.8, 4) is 0 Å². The number of amides is 1. The smallest absolute Gasteiger partial charge is 0.341 e. The molecular weight excluding hydrogens is 273 g/mol. The lowest BCUT2D eigenvalue weighted by atomic mass is 9.97. The maximum absolute atomic E-state index is 13.4. The molecule has 4 nitrogen and oxygen atoms in total. The number of rotatable bonds is 3. The minimum Gasteiger partial charge on any atom is -0.452 e. The van der Waals surface area contributed by atoms with Crippen LogP contribution in [0.25, 0.3) is 0 Å². The first kappa shape index (κ1) is 15.5. The van der Waals surface area contributed by atoms with Crippen LogP contribution < -0.4 is 0 Å². The van der Waals surface area contributed by atoms with Gasteiger partial charge in [0.15, 0.2) is 6.61 Å². The van der Waals surface area contributed by atoms with Crippen molar-refractivity contribution in [2.45, 2.75) is 45.2 Å². The van der Waals surface area contributed by atoms with Crippen LogP contribution in [0, 0.1) is 5.82 Å². The van der Waals surface area contributed by atoms with E-state index in [0.29, 0.717) is 0 Å². The molecule has 0 N–H and O–H groups in total. The van der Waals surface area contributed by atoms with Crippen molar-refractivity contribution in [1.29, 1.82) is 0 Å². The van der Waals surface area contributed by atoms with Crippen molar-refractivity contribution in [3.05, 3.63) is 35.6 Å². The van der Waals surface area contributed by atoms with E-state index in [2.05, 4.69) is 0 Å². The van der Waals surface area contributed by atoms with Crippen molar-refractivity contribution in [3.63, 3.8) is 0 Å². The third-order valence-electron chi connectivity index (χ3n) is 3.90. The van der Waals surface area contributed by atoms with E-state index in [0.717, 1.165) is 19.3 Å². The zero-order valence-corrected chi connectivity index (χ0v) is 12.3. The molecule has 1 aromatic carbocycles. The maximum Gasteiger partial charge on any atom is 0.341 e. The number of likely N-dealkylation sites (tertiary alicyclic amines) is 1. The van der Waals surface area contributed by atoms with E-state index in [4.69, 9.17) is 4.74 Å². The summed E-state index contributed by atoms with van der Waals surface area (Å²) in [6.07, 6.45) is 3.01. The van der Waals surface area contributed by atoms with Crippen LogP contribution in [0.5, 0.6) is 0 Å². The lowest BCUT2D eigenvalue weighted by Gasteiger charge is -2.38. The predicted molar refractivity (Wildman–Crippen MR) is 76.3 cm³/mol. The van der Waals surface area contributed by atoms with Crippen LogP contribution in [0.15, 0.2) is 24.3 Å². The van der Waals surface area contributed by atoms with E-state index < -0.39 is 11.8 Å². The molecule has 0 aromatic heterocycles. The summed E-state index contributed by atoms with van der Waals surface area (Å²) in [5, 5.41) is 0. The van der Waals surface area contributed by atoms with E-state index in [1.807, 2.05) is 13.8 Å². The molecule has 0 unspecified atom stereocenters. The number of esters is 1. The zero-order chi connectivity index (χ0) is 15.4. The Morgan fingerprint density at radius 3 is 2.48 bits per heavy atom. The molecule has 0 aliphatic carbocycles. The number of benzene rings is 1. The Labute approximate surface area is 123 Å². The Bertz CT molecular complexity index is 522. The van der Waals surface area contributed by atoms with Gasteiger partial charge >= 0.3 is 5.97 Å². The normalized spacial score (nSPS) is 22.0. The molecule has 21 heavy (non-hydrogen) atoms. The third-order valence-corrected chi connectivity index (χ3v) is 3.90. The quantitative estimate of drug-likeness (QED) is 0.805. The Balaban J connectivity index is 1.95. The van der Waals surface area contributed by atoms with Gasteiger partial charge in [-0.15, -0.1) is 0 Å². The summed E-state index contributed by atoms with van der Waals surface area (Å²) < 4.78 is 18.4. The molecule has 2 atom stereocenters. The molecule has 1 saturated heterocycles. The molecule has 114 valence electrons. The van der Waals surface area contributed by atoms with Crippen molar-refractivity contribution in [1.82, 2.24) is 4.90 Å². The van der Waals surface area contributed by atoms with E-state index in [1.165, 1.54) is 18.2 Å². The largest absolute Gasteiger partial charge is 0.452 e. The molecule has 1 aliphatic rings. The summed E-state index contributed by atoms with van der Waals surface area (Å²) in [6.45, 7) is 3.64. The summed E-state index contributed by atoms with van der Waals surface area (Å²) in [5.74, 6) is -1.67. The fourth-order valence-corrected chi connectivity index (χ4v) is 2.82. The van der Waals surface area contributed by atoms with Crippen LogP contribution in [0.3, 0.4) is 0 Å². The average Bonchev–Trinajstić information content (AvgIpc) is 2.45. The first-order valence-corrected chi connectivity index (χ1v) is 7.23. The van der Waals surface area contributed by atoms with Crippen LogP contribution in [-0.2, 0) is 9.53 Å². The van der Waals surface area contributed by atoms with Crippen molar-refractivity contribution in [2.75, 3.05) is 6.61 Å². The van der Waals surface area contributed by atoms with E-state index in [9.17, 15) is 14.0 Å². The molecule has 1 amide bonds. The van der Waals surface area contributed by atoms with E-state index >= 15 is 0 Å². The fourth-order valence-electron chi connectivity index (χ4n) is 2.82. The van der Waals surface area contributed by atoms with Crippen LogP contribution in [0.1, 0.15) is 43.5 Å². The maximum atomic E-state index is 13.4. The van der Waals surface area contributed by atoms with Gasteiger partial charge in [-0.3, -0.25) is 4.79 Å². The third kappa shape index (κ3) is 3.60. The van der Waals surface area contributed by atoms with Crippen LogP contribution in [0.2, 0.25) is 0 Å². The molecule has 1 fully saturated rings. The van der Waals surface area contributed by atoms with Gasteiger partial charge in [-0.05, 0) is 45.2 Å². The number of piperidine rings is 1. The number of carbonyl (C=O) groups is 2. The van der Waals surface area contributed by atoms with Crippen LogP contribution in [0.4, 0.5) is 4.39 Å². The van der Waals surface area contributed by atoms with Gasteiger partial charge in [-0.25, -0.2) is 9.18 Å². The Kier molecular flexibility index (Phi) is 4.94. The molecule has 0 radical (unpaired) electrons. The number of ether oxygens (including phenoxy) is 1. The molecule has 1 aliphatic heterocycles. The predicted octanol–water partition coefficient (Wildman–Crippen LogP) is 2.77. The highest BCUT2D eigenvalue weighted by Crippen LogP contribution is 2.22. The minimum absolute atomic E-state index is 0.147. The standard InChI is InChI=1S/C16H20FNO3/c1-11-6-5-7-12(2)18(11)15(19)10-21-16(20)13-8-3-4-9-14(13)17/h3-4,8-9,11-12H,5-7,10H2,1-2H3/t11-,12-/m0/s1. The SMILES string of the molecule is C[C@H]1CCC[C@H](C)N1C(=O)COC(=O)c1ccccc1F. The lowest BCUT2D eigenvalue weighted by Crippen LogP contribution is -2.49. The summed E-state index contributed by atoms with van der Waals surface area (Å²) in [4.78, 5) is 25.7. The van der Waals surface area contributed by atoms with Crippen LogP contribution >= 0.6 is 0 Å². The topological polar surface area (TPSA) is 46.6 Å². The molecule has 0 bridgehead atoms. The second-order valence-corrected chi connectivity index (χ2v) is 5.49. The molecule has 5 heteroatoms. The molecule has 1 aromatic rings. The van der Waals surface area contributed by atoms with Gasteiger partial charge in [-0.1, -0.05) is 12.1 Å². The van der Waals surface area contributed by atoms with Gasteiger partial charge in [-0.2, -0.15) is 0 Å². The van der Waals surface area contributed by atoms with E-state index in [-0.39, 0.29) is 30.2 Å². The van der Waals surface area contributed by atoms with Crippen LogP contribution in [-0.4, -0.2) is 35.5 Å². The Morgan fingerprint density at radius 2 is 1.86 bits per heavy atom. The molecular formula is C16H20FNO3. The minimum atomic E-state index is -0.807. The lowest BCUT2D eigenvalue weighted by molar-refractivity contribution is -0.140. The van der Waals surface area contributed by atoms with Gasteiger partial charge in [0.1, 0.15) is 5.82 Å². The summed E-state index contributed by atoms with van der Waals surface area (Å²) >= 11 is 0. The summed E-state index contributed by atoms with van der Waals surface area (Å²) in [5.41, 5.74) is -0.148. The Hall–Kier alpha value is -1.91. The number of halogens is 1. The monoisotopic (exact) mass is 293 g/mol. The number of hydrogen-bond donors (Lipinski definition) is 0. The molecule has 1 heterocycles. The van der Waals surface area contributed by atoms with E-state index in [1.54, 1.807) is 11.0 Å². The second kappa shape index (κ2) is 6.70. The van der Waals surface area contributed by atoms with Gasteiger partial charge in [0, 0.05) is 12.1 Å². The number of carbonyl (C=O) groups excluding carboxylic acids is 2. The molecule has 0 saturated carbocycles. The first-order chi connectivity index (χ1) is 10.0. The molecule has 0 spiro atoms. The van der Waals surface area contributed by atoms with Gasteiger partial charge < -0.3 is 9.64 Å². The molecule has 2 rings (SSSR count). The summed E-state index contributed by atoms with van der Waals surface area (Å²) in [6, 6.07) is 5.87.